The van der Waals surface area contributed by atoms with E-state index in [0.29, 0.717) is 0 Å². The van der Waals surface area contributed by atoms with Crippen LogP contribution in [0.3, 0.4) is 0 Å². The van der Waals surface area contributed by atoms with Crippen molar-refractivity contribution in [3.05, 3.63) is 35.3 Å². The van der Waals surface area contributed by atoms with Gasteiger partial charge in [-0.2, -0.15) is 0 Å². The van der Waals surface area contributed by atoms with Crippen LogP contribution in [0.25, 0.3) is 5.69 Å². The first kappa shape index (κ1) is 9.68. The van der Waals surface area contributed by atoms with Crippen LogP contribution in [0.1, 0.15) is 5.01 Å². The van der Waals surface area contributed by atoms with E-state index in [2.05, 4.69) is 24.2 Å². The van der Waals surface area contributed by atoms with Gasteiger partial charge in [0.25, 0.3) is 5.01 Å². The molecule has 0 radical (unpaired) electrons. The average molecular weight is 223 g/mol. The Bertz CT molecular complexity index is 423. The lowest BCUT2D eigenvalue weighted by molar-refractivity contribution is -0.662. The van der Waals surface area contributed by atoms with E-state index in [-0.39, 0.29) is 0 Å². The summed E-state index contributed by atoms with van der Waals surface area (Å²) in [5, 5.41) is 5.71. The minimum atomic E-state index is 1.10. The second kappa shape index (κ2) is 4.11. The molecule has 2 rings (SSSR count). The highest BCUT2D eigenvalue weighted by atomic mass is 32.2. The summed E-state index contributed by atoms with van der Waals surface area (Å²) in [6.45, 7) is 2.09. The molecule has 72 valence electrons. The third kappa shape index (κ3) is 1.81. The zero-order chi connectivity index (χ0) is 9.97. The number of aromatic nitrogens is 2. The summed E-state index contributed by atoms with van der Waals surface area (Å²) in [5.74, 6) is 0. The number of hydrogen-bond acceptors (Lipinski definition) is 3. The molecule has 0 N–H and O–H groups in total. The zero-order valence-corrected chi connectivity index (χ0v) is 9.73. The number of hydrogen-bond donors (Lipinski definition) is 0. The summed E-state index contributed by atoms with van der Waals surface area (Å²) in [6, 6.07) is 10.2. The normalized spacial score (nSPS) is 10.4. The fourth-order valence-corrected chi connectivity index (χ4v) is 2.70. The Kier molecular flexibility index (Phi) is 2.84. The van der Waals surface area contributed by atoms with Gasteiger partial charge < -0.3 is 0 Å². The number of para-hydroxylation sites is 1. The number of thioether (sulfide) groups is 1. The highest BCUT2D eigenvalue weighted by molar-refractivity contribution is 8.00. The van der Waals surface area contributed by atoms with Gasteiger partial charge in [-0.15, -0.1) is 0 Å². The van der Waals surface area contributed by atoms with Gasteiger partial charge in [0.05, 0.1) is 0 Å². The maximum Gasteiger partial charge on any atom is 0.269 e. The molecule has 2 aromatic rings. The van der Waals surface area contributed by atoms with Crippen molar-refractivity contribution in [1.82, 2.24) is 5.10 Å². The maximum atomic E-state index is 4.50. The molecule has 0 aliphatic carbocycles. The van der Waals surface area contributed by atoms with E-state index in [1.807, 2.05) is 29.1 Å². The Morgan fingerprint density at radius 2 is 2.00 bits per heavy atom. The predicted octanol–water partition coefficient (Wildman–Crippen LogP) is 2.45. The first-order valence-electron chi connectivity index (χ1n) is 4.30. The van der Waals surface area contributed by atoms with Crippen molar-refractivity contribution in [2.75, 3.05) is 6.26 Å². The van der Waals surface area contributed by atoms with Crippen molar-refractivity contribution in [2.24, 2.45) is 0 Å². The van der Waals surface area contributed by atoms with Gasteiger partial charge in [0.15, 0.2) is 0 Å². The fourth-order valence-electron chi connectivity index (χ4n) is 1.23. The number of benzene rings is 1. The van der Waals surface area contributed by atoms with Gasteiger partial charge in [-0.05, 0) is 22.3 Å². The van der Waals surface area contributed by atoms with Crippen LogP contribution < -0.4 is 4.68 Å². The molecule has 0 aliphatic rings. The Labute approximate surface area is 91.6 Å². The third-order valence-electron chi connectivity index (χ3n) is 1.89. The summed E-state index contributed by atoms with van der Waals surface area (Å²) < 4.78 is 3.09. The third-order valence-corrected chi connectivity index (χ3v) is 3.80. The molecule has 0 amide bonds. The van der Waals surface area contributed by atoms with Crippen LogP contribution in [0.4, 0.5) is 0 Å². The summed E-state index contributed by atoms with van der Waals surface area (Å²) in [6.07, 6.45) is 2.05. The molecular formula is C10H11N2S2+. The molecule has 0 aliphatic heterocycles. The largest absolute Gasteiger partial charge is 0.269 e. The minimum Gasteiger partial charge on any atom is -0.0926 e. The van der Waals surface area contributed by atoms with Gasteiger partial charge in [-0.3, -0.25) is 0 Å². The topological polar surface area (TPSA) is 16.8 Å². The number of aryl methyl sites for hydroxylation is 1. The van der Waals surface area contributed by atoms with E-state index in [1.54, 1.807) is 23.1 Å². The molecular weight excluding hydrogens is 212 g/mol. The smallest absolute Gasteiger partial charge is 0.0926 e. The number of nitrogens with zero attached hydrogens (tertiary/aromatic N) is 2. The lowest BCUT2D eigenvalue weighted by Crippen LogP contribution is -2.34. The Balaban J connectivity index is 2.46. The van der Waals surface area contributed by atoms with E-state index < -0.39 is 0 Å². The van der Waals surface area contributed by atoms with Crippen molar-refractivity contribution in [2.45, 2.75) is 11.3 Å². The second-order valence-corrected chi connectivity index (χ2v) is 5.07. The highest BCUT2D eigenvalue weighted by Crippen LogP contribution is 2.18. The molecule has 0 saturated heterocycles. The standard InChI is InChI=1S/C10H11N2S2/c1-8-12(11-10(13-2)14-8)9-6-4-3-5-7-9/h3-7H,1-2H3/q+1. The van der Waals surface area contributed by atoms with Gasteiger partial charge in [-0.1, -0.05) is 30.0 Å². The van der Waals surface area contributed by atoms with Crippen molar-refractivity contribution >= 4 is 23.1 Å². The van der Waals surface area contributed by atoms with E-state index >= 15 is 0 Å². The van der Waals surface area contributed by atoms with Crippen molar-refractivity contribution < 1.29 is 4.68 Å². The van der Waals surface area contributed by atoms with Crippen molar-refractivity contribution in [1.29, 1.82) is 0 Å². The SMILES string of the molecule is CSc1n[n+](-c2ccccc2)c(C)s1. The molecule has 1 heterocycles. The number of rotatable bonds is 2. The molecule has 0 saturated carbocycles. The quantitative estimate of drug-likeness (QED) is 0.574. The van der Waals surface area contributed by atoms with Crippen molar-refractivity contribution in [3.63, 3.8) is 0 Å². The van der Waals surface area contributed by atoms with Gasteiger partial charge >= 0.3 is 0 Å². The van der Waals surface area contributed by atoms with Crippen molar-refractivity contribution in [3.8, 4) is 5.69 Å². The molecule has 1 aromatic carbocycles. The zero-order valence-electron chi connectivity index (χ0n) is 8.10. The summed E-state index contributed by atoms with van der Waals surface area (Å²) >= 11 is 3.41. The lowest BCUT2D eigenvalue weighted by atomic mass is 10.3. The Morgan fingerprint density at radius 1 is 1.29 bits per heavy atom. The summed E-state index contributed by atoms with van der Waals surface area (Å²) in [5.41, 5.74) is 1.13. The first-order chi connectivity index (χ1) is 6.81. The summed E-state index contributed by atoms with van der Waals surface area (Å²) in [4.78, 5) is 0. The highest BCUT2D eigenvalue weighted by Gasteiger charge is 2.17. The Morgan fingerprint density at radius 3 is 2.57 bits per heavy atom. The summed E-state index contributed by atoms with van der Waals surface area (Å²) in [7, 11) is 0. The second-order valence-electron chi connectivity index (χ2n) is 2.84. The van der Waals surface area contributed by atoms with Gasteiger partial charge in [-0.25, -0.2) is 0 Å². The molecule has 1 aromatic heterocycles. The van der Waals surface area contributed by atoms with Crippen LogP contribution >= 0.6 is 23.1 Å². The Hall–Kier alpha value is -0.870. The van der Waals surface area contributed by atoms with E-state index in [1.165, 1.54) is 5.01 Å². The lowest BCUT2D eigenvalue weighted by Gasteiger charge is -1.88. The molecule has 0 atom stereocenters. The van der Waals surface area contributed by atoms with Crippen LogP contribution in [-0.2, 0) is 0 Å². The van der Waals surface area contributed by atoms with Crippen LogP contribution in [0.5, 0.6) is 0 Å². The van der Waals surface area contributed by atoms with Crippen LogP contribution in [0.2, 0.25) is 0 Å². The average Bonchev–Trinajstić information content (AvgIpc) is 2.61. The molecule has 0 fully saturated rings. The minimum absolute atomic E-state index is 1.10. The first-order valence-corrected chi connectivity index (χ1v) is 6.34. The van der Waals surface area contributed by atoms with Crippen LogP contribution in [-0.4, -0.2) is 11.4 Å². The van der Waals surface area contributed by atoms with Gasteiger partial charge in [0, 0.05) is 24.2 Å². The van der Waals surface area contributed by atoms with Gasteiger partial charge in [0.1, 0.15) is 0 Å². The van der Waals surface area contributed by atoms with E-state index in [4.69, 9.17) is 0 Å². The van der Waals surface area contributed by atoms with E-state index in [9.17, 15) is 0 Å². The van der Waals surface area contributed by atoms with Crippen LogP contribution in [0, 0.1) is 6.92 Å². The fraction of sp³-hybridized carbons (Fsp3) is 0.200. The molecule has 14 heavy (non-hydrogen) atoms. The van der Waals surface area contributed by atoms with Gasteiger partial charge in [0.2, 0.25) is 10.0 Å². The molecule has 4 heteroatoms. The molecule has 0 unspecified atom stereocenters. The predicted molar refractivity (Wildman–Crippen MR) is 60.2 cm³/mol. The molecule has 0 spiro atoms. The van der Waals surface area contributed by atoms with E-state index in [0.717, 1.165) is 10.0 Å². The maximum absolute atomic E-state index is 4.50. The molecule has 2 nitrogen and oxygen atoms in total. The monoisotopic (exact) mass is 223 g/mol. The van der Waals surface area contributed by atoms with Crippen LogP contribution in [0.15, 0.2) is 34.7 Å². The molecule has 0 bridgehead atoms.